The van der Waals surface area contributed by atoms with Crippen LogP contribution in [0.2, 0.25) is 0 Å². The number of aromatic amines is 2. The SMILES string of the molecule is CCCN1CCC(Nc2n[nH]c(=O)[nH]c2=O)CC1. The lowest BCUT2D eigenvalue weighted by Crippen LogP contribution is -2.41. The van der Waals surface area contributed by atoms with Crippen LogP contribution in [0.15, 0.2) is 9.59 Å². The number of nitrogens with one attached hydrogen (secondary N) is 3. The van der Waals surface area contributed by atoms with Gasteiger partial charge in [-0.05, 0) is 25.8 Å². The van der Waals surface area contributed by atoms with Gasteiger partial charge >= 0.3 is 5.69 Å². The van der Waals surface area contributed by atoms with Gasteiger partial charge in [0.05, 0.1) is 0 Å². The summed E-state index contributed by atoms with van der Waals surface area (Å²) in [5.74, 6) is 0.198. The molecule has 0 saturated carbocycles. The number of likely N-dealkylation sites (tertiary alicyclic amines) is 1. The third-order valence-electron chi connectivity index (χ3n) is 3.18. The third kappa shape index (κ3) is 3.19. The maximum atomic E-state index is 11.5. The van der Waals surface area contributed by atoms with E-state index in [0.717, 1.165) is 32.5 Å². The third-order valence-corrected chi connectivity index (χ3v) is 3.18. The highest BCUT2D eigenvalue weighted by Crippen LogP contribution is 2.13. The van der Waals surface area contributed by atoms with E-state index in [9.17, 15) is 9.59 Å². The number of piperidine rings is 1. The zero-order chi connectivity index (χ0) is 13.0. The van der Waals surface area contributed by atoms with Gasteiger partial charge in [0.1, 0.15) is 0 Å². The van der Waals surface area contributed by atoms with Gasteiger partial charge in [0.2, 0.25) is 5.82 Å². The average molecular weight is 253 g/mol. The minimum atomic E-state index is -0.580. The van der Waals surface area contributed by atoms with Gasteiger partial charge in [-0.2, -0.15) is 0 Å². The molecule has 100 valence electrons. The first-order valence-corrected chi connectivity index (χ1v) is 6.37. The van der Waals surface area contributed by atoms with E-state index in [-0.39, 0.29) is 11.9 Å². The molecule has 1 aliphatic heterocycles. The van der Waals surface area contributed by atoms with E-state index in [1.165, 1.54) is 6.42 Å². The van der Waals surface area contributed by atoms with Crippen molar-refractivity contribution in [3.05, 3.63) is 20.8 Å². The first-order valence-electron chi connectivity index (χ1n) is 6.37. The van der Waals surface area contributed by atoms with Crippen molar-refractivity contribution in [3.63, 3.8) is 0 Å². The summed E-state index contributed by atoms with van der Waals surface area (Å²) in [5.41, 5.74) is -1.04. The van der Waals surface area contributed by atoms with Crippen molar-refractivity contribution in [2.75, 3.05) is 25.0 Å². The number of hydrogen-bond acceptors (Lipinski definition) is 5. The van der Waals surface area contributed by atoms with E-state index in [1.807, 2.05) is 0 Å². The Morgan fingerprint density at radius 3 is 2.72 bits per heavy atom. The second kappa shape index (κ2) is 5.81. The highest BCUT2D eigenvalue weighted by atomic mass is 16.2. The lowest BCUT2D eigenvalue weighted by atomic mass is 10.1. The van der Waals surface area contributed by atoms with Gasteiger partial charge in [0.15, 0.2) is 0 Å². The summed E-state index contributed by atoms with van der Waals surface area (Å²) in [7, 11) is 0. The monoisotopic (exact) mass is 253 g/mol. The van der Waals surface area contributed by atoms with Gasteiger partial charge in [-0.25, -0.2) is 9.89 Å². The summed E-state index contributed by atoms with van der Waals surface area (Å²) >= 11 is 0. The molecule has 0 aromatic carbocycles. The van der Waals surface area contributed by atoms with Crippen LogP contribution in [0.4, 0.5) is 5.82 Å². The van der Waals surface area contributed by atoms with Crippen LogP contribution in [0.3, 0.4) is 0 Å². The highest BCUT2D eigenvalue weighted by molar-refractivity contribution is 5.30. The van der Waals surface area contributed by atoms with E-state index in [4.69, 9.17) is 0 Å². The summed E-state index contributed by atoms with van der Waals surface area (Å²) in [4.78, 5) is 26.9. The number of hydrogen-bond donors (Lipinski definition) is 3. The fraction of sp³-hybridized carbons (Fsp3) is 0.727. The molecule has 0 aliphatic carbocycles. The molecule has 1 aromatic heterocycles. The normalized spacial score (nSPS) is 17.8. The second-order valence-electron chi connectivity index (χ2n) is 4.62. The van der Waals surface area contributed by atoms with Crippen LogP contribution < -0.4 is 16.6 Å². The van der Waals surface area contributed by atoms with Gasteiger partial charge < -0.3 is 10.2 Å². The molecule has 1 aromatic rings. The molecule has 0 unspecified atom stereocenters. The van der Waals surface area contributed by atoms with Crippen molar-refractivity contribution in [2.45, 2.75) is 32.2 Å². The van der Waals surface area contributed by atoms with Crippen molar-refractivity contribution in [1.29, 1.82) is 0 Å². The molecule has 2 rings (SSSR count). The molecule has 18 heavy (non-hydrogen) atoms. The maximum absolute atomic E-state index is 11.5. The molecule has 7 heteroatoms. The van der Waals surface area contributed by atoms with E-state index < -0.39 is 11.2 Å². The average Bonchev–Trinajstić information content (AvgIpc) is 2.35. The van der Waals surface area contributed by atoms with Crippen molar-refractivity contribution >= 4 is 5.82 Å². The standard InChI is InChI=1S/C11H19N5O2/c1-2-5-16-6-3-8(4-7-16)12-9-10(17)13-11(18)15-14-9/h8H,2-7H2,1H3,(H,12,14)(H2,13,15,17,18). The summed E-state index contributed by atoms with van der Waals surface area (Å²) in [6, 6.07) is 0.248. The fourth-order valence-electron chi connectivity index (χ4n) is 2.26. The molecule has 7 nitrogen and oxygen atoms in total. The van der Waals surface area contributed by atoms with Gasteiger partial charge in [0.25, 0.3) is 5.56 Å². The molecule has 3 N–H and O–H groups in total. The molecule has 0 radical (unpaired) electrons. The number of aromatic nitrogens is 3. The predicted molar refractivity (Wildman–Crippen MR) is 68.9 cm³/mol. The van der Waals surface area contributed by atoms with Crippen molar-refractivity contribution in [3.8, 4) is 0 Å². The minimum absolute atomic E-state index is 0.198. The lowest BCUT2D eigenvalue weighted by molar-refractivity contribution is 0.219. The first kappa shape index (κ1) is 12.8. The fourth-order valence-corrected chi connectivity index (χ4v) is 2.26. The lowest BCUT2D eigenvalue weighted by Gasteiger charge is -2.31. The maximum Gasteiger partial charge on any atom is 0.342 e. The van der Waals surface area contributed by atoms with Crippen LogP contribution >= 0.6 is 0 Å². The molecule has 1 saturated heterocycles. The number of H-pyrrole nitrogens is 2. The van der Waals surface area contributed by atoms with E-state index in [0.29, 0.717) is 0 Å². The van der Waals surface area contributed by atoms with Crippen LogP contribution in [0.1, 0.15) is 26.2 Å². The van der Waals surface area contributed by atoms with Crippen LogP contribution in [0, 0.1) is 0 Å². The number of rotatable bonds is 4. The van der Waals surface area contributed by atoms with Gasteiger partial charge in [-0.15, -0.1) is 5.10 Å². The van der Waals surface area contributed by atoms with Crippen molar-refractivity contribution in [2.24, 2.45) is 0 Å². The Bertz CT molecular complexity index is 487. The first-order chi connectivity index (χ1) is 8.69. The molecule has 0 amide bonds. The highest BCUT2D eigenvalue weighted by Gasteiger charge is 2.19. The smallest absolute Gasteiger partial charge is 0.342 e. The van der Waals surface area contributed by atoms with Crippen molar-refractivity contribution < 1.29 is 0 Å². The van der Waals surface area contributed by atoms with Gasteiger partial charge in [-0.1, -0.05) is 6.92 Å². The van der Waals surface area contributed by atoms with Crippen LogP contribution in [-0.2, 0) is 0 Å². The Morgan fingerprint density at radius 1 is 1.39 bits per heavy atom. The van der Waals surface area contributed by atoms with E-state index in [1.54, 1.807) is 0 Å². The quantitative estimate of drug-likeness (QED) is 0.687. The van der Waals surface area contributed by atoms with Crippen LogP contribution in [0.25, 0.3) is 0 Å². The largest absolute Gasteiger partial charge is 0.361 e. The summed E-state index contributed by atoms with van der Waals surface area (Å²) in [6.07, 6.45) is 3.14. The van der Waals surface area contributed by atoms with Crippen molar-refractivity contribution in [1.82, 2.24) is 20.1 Å². The number of anilines is 1. The Hall–Kier alpha value is -1.63. The molecule has 0 spiro atoms. The molecule has 2 heterocycles. The van der Waals surface area contributed by atoms with Crippen LogP contribution in [-0.4, -0.2) is 45.8 Å². The zero-order valence-electron chi connectivity index (χ0n) is 10.5. The Kier molecular flexibility index (Phi) is 4.14. The molecular formula is C11H19N5O2. The Balaban J connectivity index is 1.91. The summed E-state index contributed by atoms with van der Waals surface area (Å²) in [5, 5.41) is 9.03. The van der Waals surface area contributed by atoms with E-state index in [2.05, 4.69) is 32.3 Å². The Labute approximate surface area is 105 Å². The predicted octanol–water partition coefficient (Wildman–Crippen LogP) is -0.255. The molecule has 1 aliphatic rings. The second-order valence-corrected chi connectivity index (χ2v) is 4.62. The van der Waals surface area contributed by atoms with E-state index >= 15 is 0 Å². The number of nitrogens with zero attached hydrogens (tertiary/aromatic N) is 2. The summed E-state index contributed by atoms with van der Waals surface area (Å²) < 4.78 is 0. The topological polar surface area (TPSA) is 93.9 Å². The molecule has 1 fully saturated rings. The van der Waals surface area contributed by atoms with Crippen LogP contribution in [0.5, 0.6) is 0 Å². The van der Waals surface area contributed by atoms with Gasteiger partial charge in [0, 0.05) is 19.1 Å². The minimum Gasteiger partial charge on any atom is -0.361 e. The zero-order valence-corrected chi connectivity index (χ0v) is 10.5. The molecule has 0 bridgehead atoms. The molecular weight excluding hydrogens is 234 g/mol. The summed E-state index contributed by atoms with van der Waals surface area (Å²) in [6.45, 7) is 5.37. The Morgan fingerprint density at radius 2 is 2.11 bits per heavy atom. The van der Waals surface area contributed by atoms with Gasteiger partial charge in [-0.3, -0.25) is 9.78 Å². The molecule has 0 atom stereocenters.